The average Bonchev–Trinajstić information content (AvgIpc) is 3.02. The largest absolute Gasteiger partial charge is 0.375 e. The van der Waals surface area contributed by atoms with Crippen LogP contribution in [0.1, 0.15) is 48.9 Å². The first kappa shape index (κ1) is 14.1. The number of morpholine rings is 1. The monoisotopic (exact) mass is 293 g/mol. The summed E-state index contributed by atoms with van der Waals surface area (Å²) in [5.41, 5.74) is 0.827. The molecule has 0 spiro atoms. The second-order valence-corrected chi connectivity index (χ2v) is 6.78. The van der Waals surface area contributed by atoms with Gasteiger partial charge in [-0.2, -0.15) is 11.3 Å². The van der Waals surface area contributed by atoms with E-state index in [9.17, 15) is 4.79 Å². The van der Waals surface area contributed by atoms with E-state index in [2.05, 4.69) is 0 Å². The highest BCUT2D eigenvalue weighted by Gasteiger charge is 2.27. The van der Waals surface area contributed by atoms with Gasteiger partial charge in [0.05, 0.1) is 18.3 Å². The zero-order valence-corrected chi connectivity index (χ0v) is 12.7. The molecule has 1 aromatic rings. The minimum atomic E-state index is 0.170. The molecule has 2 fully saturated rings. The second kappa shape index (κ2) is 6.72. The van der Waals surface area contributed by atoms with Crippen LogP contribution in [0.5, 0.6) is 0 Å². The third-order valence-electron chi connectivity index (χ3n) is 4.52. The Morgan fingerprint density at radius 3 is 2.95 bits per heavy atom. The summed E-state index contributed by atoms with van der Waals surface area (Å²) in [5.74, 6) is 0.980. The van der Waals surface area contributed by atoms with Gasteiger partial charge in [0, 0.05) is 18.5 Å². The summed E-state index contributed by atoms with van der Waals surface area (Å²) in [6, 6.07) is 1.92. The minimum absolute atomic E-state index is 0.170. The van der Waals surface area contributed by atoms with E-state index in [0.29, 0.717) is 6.61 Å². The van der Waals surface area contributed by atoms with Gasteiger partial charge in [-0.3, -0.25) is 4.79 Å². The number of rotatable bonds is 3. The van der Waals surface area contributed by atoms with E-state index in [1.165, 1.54) is 32.1 Å². The predicted octanol–water partition coefficient (Wildman–Crippen LogP) is 3.56. The van der Waals surface area contributed by atoms with Crippen LogP contribution in [-0.2, 0) is 4.74 Å². The van der Waals surface area contributed by atoms with E-state index in [-0.39, 0.29) is 12.0 Å². The number of amides is 1. The Morgan fingerprint density at radius 2 is 2.20 bits per heavy atom. The molecule has 3 rings (SSSR count). The molecule has 1 saturated heterocycles. The van der Waals surface area contributed by atoms with E-state index in [0.717, 1.165) is 31.0 Å². The van der Waals surface area contributed by atoms with Crippen molar-refractivity contribution in [2.75, 3.05) is 19.7 Å². The van der Waals surface area contributed by atoms with Crippen molar-refractivity contribution in [1.29, 1.82) is 0 Å². The van der Waals surface area contributed by atoms with Gasteiger partial charge in [-0.05, 0) is 23.8 Å². The van der Waals surface area contributed by atoms with Crippen LogP contribution in [0.2, 0.25) is 0 Å². The lowest BCUT2D eigenvalue weighted by Gasteiger charge is -2.35. The highest BCUT2D eigenvalue weighted by atomic mass is 32.1. The Bertz CT molecular complexity index is 426. The number of carbonyl (C=O) groups is 1. The summed E-state index contributed by atoms with van der Waals surface area (Å²) in [6.45, 7) is 2.19. The molecule has 0 bridgehead atoms. The molecular formula is C16H23NO2S. The lowest BCUT2D eigenvalue weighted by Crippen LogP contribution is -2.46. The van der Waals surface area contributed by atoms with Crippen LogP contribution in [0.4, 0.5) is 0 Å². The topological polar surface area (TPSA) is 29.5 Å². The minimum Gasteiger partial charge on any atom is -0.375 e. The number of carbonyl (C=O) groups excluding carboxylic acids is 1. The van der Waals surface area contributed by atoms with Crippen LogP contribution in [0, 0.1) is 5.92 Å². The molecule has 0 aromatic carbocycles. The maximum Gasteiger partial charge on any atom is 0.254 e. The van der Waals surface area contributed by atoms with Crippen molar-refractivity contribution in [2.45, 2.75) is 44.6 Å². The van der Waals surface area contributed by atoms with Gasteiger partial charge in [0.25, 0.3) is 5.91 Å². The Balaban J connectivity index is 1.54. The van der Waals surface area contributed by atoms with Crippen LogP contribution in [0.25, 0.3) is 0 Å². The molecule has 1 aliphatic heterocycles. The Labute approximate surface area is 124 Å². The fraction of sp³-hybridized carbons (Fsp3) is 0.688. The highest BCUT2D eigenvalue weighted by molar-refractivity contribution is 7.08. The summed E-state index contributed by atoms with van der Waals surface area (Å²) in [6.07, 6.45) is 8.20. The van der Waals surface area contributed by atoms with E-state index in [4.69, 9.17) is 4.74 Å². The van der Waals surface area contributed by atoms with Crippen LogP contribution in [0.15, 0.2) is 16.8 Å². The highest BCUT2D eigenvalue weighted by Crippen LogP contribution is 2.29. The smallest absolute Gasteiger partial charge is 0.254 e. The first-order valence-electron chi connectivity index (χ1n) is 7.76. The number of hydrogen-bond acceptors (Lipinski definition) is 3. The fourth-order valence-corrected chi connectivity index (χ4v) is 4.04. The van der Waals surface area contributed by atoms with Gasteiger partial charge in [0.2, 0.25) is 0 Å². The summed E-state index contributed by atoms with van der Waals surface area (Å²) in [7, 11) is 0. The van der Waals surface area contributed by atoms with Crippen molar-refractivity contribution >= 4 is 17.2 Å². The molecule has 1 aromatic heterocycles. The first-order valence-corrected chi connectivity index (χ1v) is 8.70. The SMILES string of the molecule is O=C(c1ccsc1)N1CCO[C@H](CC2CCCCC2)C1. The molecule has 1 aliphatic carbocycles. The third kappa shape index (κ3) is 3.41. The van der Waals surface area contributed by atoms with E-state index in [1.54, 1.807) is 11.3 Å². The quantitative estimate of drug-likeness (QED) is 0.853. The van der Waals surface area contributed by atoms with Gasteiger partial charge in [-0.15, -0.1) is 0 Å². The van der Waals surface area contributed by atoms with Crippen molar-refractivity contribution in [3.63, 3.8) is 0 Å². The van der Waals surface area contributed by atoms with Crippen molar-refractivity contribution in [1.82, 2.24) is 4.90 Å². The summed E-state index contributed by atoms with van der Waals surface area (Å²) in [4.78, 5) is 14.3. The van der Waals surface area contributed by atoms with Crippen molar-refractivity contribution < 1.29 is 9.53 Å². The molecule has 0 unspecified atom stereocenters. The standard InChI is InChI=1S/C16H23NO2S/c18-16(14-6-9-20-12-14)17-7-8-19-15(11-17)10-13-4-2-1-3-5-13/h6,9,12-13,15H,1-5,7-8,10-11H2/t15-/m1/s1. The molecule has 2 heterocycles. The molecule has 20 heavy (non-hydrogen) atoms. The van der Waals surface area contributed by atoms with E-state index >= 15 is 0 Å². The van der Waals surface area contributed by atoms with Crippen LogP contribution < -0.4 is 0 Å². The van der Waals surface area contributed by atoms with Crippen LogP contribution >= 0.6 is 11.3 Å². The fourth-order valence-electron chi connectivity index (χ4n) is 3.41. The third-order valence-corrected chi connectivity index (χ3v) is 5.20. The number of thiophene rings is 1. The number of hydrogen-bond donors (Lipinski definition) is 0. The van der Waals surface area contributed by atoms with Gasteiger partial charge in [0.15, 0.2) is 0 Å². The normalized spacial score (nSPS) is 24.8. The van der Waals surface area contributed by atoms with Gasteiger partial charge in [-0.25, -0.2) is 0 Å². The zero-order valence-electron chi connectivity index (χ0n) is 11.9. The zero-order chi connectivity index (χ0) is 13.8. The van der Waals surface area contributed by atoms with Crippen LogP contribution in [-0.4, -0.2) is 36.6 Å². The molecule has 0 radical (unpaired) electrons. The van der Waals surface area contributed by atoms with E-state index in [1.807, 2.05) is 21.7 Å². The van der Waals surface area contributed by atoms with Crippen LogP contribution in [0.3, 0.4) is 0 Å². The summed E-state index contributed by atoms with van der Waals surface area (Å²) < 4.78 is 5.89. The van der Waals surface area contributed by atoms with Gasteiger partial charge >= 0.3 is 0 Å². The lowest BCUT2D eigenvalue weighted by atomic mass is 9.85. The molecule has 0 N–H and O–H groups in total. The summed E-state index contributed by atoms with van der Waals surface area (Å²) in [5, 5.41) is 3.90. The van der Waals surface area contributed by atoms with Crippen molar-refractivity contribution in [3.8, 4) is 0 Å². The lowest BCUT2D eigenvalue weighted by molar-refractivity contribution is -0.0336. The van der Waals surface area contributed by atoms with Gasteiger partial charge in [-0.1, -0.05) is 32.1 Å². The Kier molecular flexibility index (Phi) is 4.73. The molecule has 1 saturated carbocycles. The molecule has 110 valence electrons. The number of nitrogens with zero attached hydrogens (tertiary/aromatic N) is 1. The van der Waals surface area contributed by atoms with Gasteiger partial charge in [0.1, 0.15) is 0 Å². The first-order chi connectivity index (χ1) is 9.83. The van der Waals surface area contributed by atoms with Crippen molar-refractivity contribution in [2.24, 2.45) is 5.92 Å². The van der Waals surface area contributed by atoms with Crippen molar-refractivity contribution in [3.05, 3.63) is 22.4 Å². The molecule has 4 heteroatoms. The Morgan fingerprint density at radius 1 is 1.35 bits per heavy atom. The maximum atomic E-state index is 12.4. The Hall–Kier alpha value is -0.870. The van der Waals surface area contributed by atoms with E-state index < -0.39 is 0 Å². The number of ether oxygens (including phenoxy) is 1. The molecule has 3 nitrogen and oxygen atoms in total. The molecular weight excluding hydrogens is 270 g/mol. The molecule has 1 amide bonds. The second-order valence-electron chi connectivity index (χ2n) is 6.00. The van der Waals surface area contributed by atoms with Gasteiger partial charge < -0.3 is 9.64 Å². The predicted molar refractivity (Wildman–Crippen MR) is 81.2 cm³/mol. The summed E-state index contributed by atoms with van der Waals surface area (Å²) >= 11 is 1.58. The molecule has 2 aliphatic rings. The maximum absolute atomic E-state index is 12.4. The molecule has 1 atom stereocenters. The average molecular weight is 293 g/mol.